The lowest BCUT2D eigenvalue weighted by molar-refractivity contribution is -0.120. The smallest absolute Gasteiger partial charge is 0.243 e. The predicted octanol–water partition coefficient (Wildman–Crippen LogP) is 0.409. The molecule has 1 amide bonds. The number of carbonyl (C=O) groups excluding carboxylic acids is 1. The Kier molecular flexibility index (Phi) is 3.94. The van der Waals surface area contributed by atoms with E-state index in [4.69, 9.17) is 4.74 Å². The Balaban J connectivity index is 1.82. The van der Waals surface area contributed by atoms with Crippen LogP contribution in [0.2, 0.25) is 0 Å². The third-order valence-corrected chi connectivity index (χ3v) is 3.38. The summed E-state index contributed by atoms with van der Waals surface area (Å²) in [6.45, 7) is 1.71. The SMILES string of the molecule is Cn1cnnc1-c1ccccc1NC(=O)C1COCCN1. The minimum atomic E-state index is -0.327. The van der Waals surface area contributed by atoms with Crippen LogP contribution in [0.3, 0.4) is 0 Å². The summed E-state index contributed by atoms with van der Waals surface area (Å²) in [4.78, 5) is 12.3. The molecule has 7 heteroatoms. The molecule has 21 heavy (non-hydrogen) atoms. The van der Waals surface area contributed by atoms with Crippen LogP contribution in [0.5, 0.6) is 0 Å². The van der Waals surface area contributed by atoms with Crippen molar-refractivity contribution in [3.63, 3.8) is 0 Å². The van der Waals surface area contributed by atoms with E-state index >= 15 is 0 Å². The Hall–Kier alpha value is -2.25. The Morgan fingerprint density at radius 2 is 2.33 bits per heavy atom. The highest BCUT2D eigenvalue weighted by atomic mass is 16.5. The average Bonchev–Trinajstić information content (AvgIpc) is 2.95. The molecule has 1 saturated heterocycles. The predicted molar refractivity (Wildman–Crippen MR) is 77.7 cm³/mol. The molecule has 1 aromatic carbocycles. The highest BCUT2D eigenvalue weighted by Crippen LogP contribution is 2.25. The lowest BCUT2D eigenvalue weighted by Gasteiger charge is -2.23. The van der Waals surface area contributed by atoms with Gasteiger partial charge in [-0.2, -0.15) is 0 Å². The lowest BCUT2D eigenvalue weighted by atomic mass is 10.1. The number of carbonyl (C=O) groups is 1. The van der Waals surface area contributed by atoms with E-state index in [2.05, 4.69) is 20.8 Å². The van der Waals surface area contributed by atoms with E-state index in [1.165, 1.54) is 0 Å². The molecular weight excluding hydrogens is 270 g/mol. The van der Waals surface area contributed by atoms with Crippen LogP contribution in [0.4, 0.5) is 5.69 Å². The van der Waals surface area contributed by atoms with Gasteiger partial charge in [0.25, 0.3) is 0 Å². The molecule has 1 fully saturated rings. The normalized spacial score (nSPS) is 18.4. The molecule has 1 aromatic heterocycles. The number of morpholine rings is 1. The van der Waals surface area contributed by atoms with Crippen molar-refractivity contribution in [2.45, 2.75) is 6.04 Å². The number of aromatic nitrogens is 3. The van der Waals surface area contributed by atoms with E-state index in [0.717, 1.165) is 5.56 Å². The topological polar surface area (TPSA) is 81.1 Å². The number of amides is 1. The van der Waals surface area contributed by atoms with E-state index in [1.807, 2.05) is 35.9 Å². The van der Waals surface area contributed by atoms with Gasteiger partial charge in [0.2, 0.25) is 5.91 Å². The first-order chi connectivity index (χ1) is 10.3. The summed E-state index contributed by atoms with van der Waals surface area (Å²) in [6.07, 6.45) is 1.63. The molecule has 0 bridgehead atoms. The molecule has 1 aliphatic heterocycles. The third kappa shape index (κ3) is 2.93. The maximum Gasteiger partial charge on any atom is 0.243 e. The number of nitrogens with one attached hydrogen (secondary N) is 2. The first-order valence-corrected chi connectivity index (χ1v) is 6.81. The number of para-hydroxylation sites is 1. The first-order valence-electron chi connectivity index (χ1n) is 6.81. The van der Waals surface area contributed by atoms with Gasteiger partial charge in [0.1, 0.15) is 12.4 Å². The van der Waals surface area contributed by atoms with Crippen molar-refractivity contribution in [2.24, 2.45) is 7.05 Å². The Bertz CT molecular complexity index is 634. The third-order valence-electron chi connectivity index (χ3n) is 3.38. The summed E-state index contributed by atoms with van der Waals surface area (Å²) in [5.41, 5.74) is 1.55. The monoisotopic (exact) mass is 287 g/mol. The highest BCUT2D eigenvalue weighted by molar-refractivity contribution is 5.98. The van der Waals surface area contributed by atoms with Gasteiger partial charge >= 0.3 is 0 Å². The van der Waals surface area contributed by atoms with Crippen molar-refractivity contribution in [1.29, 1.82) is 0 Å². The van der Waals surface area contributed by atoms with E-state index in [9.17, 15) is 4.79 Å². The standard InChI is InChI=1S/C14H17N5O2/c1-19-9-16-18-13(19)10-4-2-3-5-11(10)17-14(20)12-8-21-7-6-15-12/h2-5,9,12,15H,6-8H2,1H3,(H,17,20). The molecule has 3 rings (SSSR count). The second kappa shape index (κ2) is 6.02. The molecule has 0 aliphatic carbocycles. The zero-order valence-corrected chi connectivity index (χ0v) is 11.7. The van der Waals surface area contributed by atoms with Crippen LogP contribution < -0.4 is 10.6 Å². The fourth-order valence-electron chi connectivity index (χ4n) is 2.27. The van der Waals surface area contributed by atoms with Crippen LogP contribution in [0.15, 0.2) is 30.6 Å². The Labute approximate surface area is 122 Å². The van der Waals surface area contributed by atoms with Crippen LogP contribution in [-0.2, 0) is 16.6 Å². The van der Waals surface area contributed by atoms with E-state index in [0.29, 0.717) is 31.3 Å². The maximum absolute atomic E-state index is 12.3. The van der Waals surface area contributed by atoms with Crippen LogP contribution in [0.25, 0.3) is 11.4 Å². The van der Waals surface area contributed by atoms with Gasteiger partial charge < -0.3 is 19.9 Å². The van der Waals surface area contributed by atoms with Crippen molar-refractivity contribution in [3.8, 4) is 11.4 Å². The van der Waals surface area contributed by atoms with Crippen molar-refractivity contribution >= 4 is 11.6 Å². The zero-order valence-electron chi connectivity index (χ0n) is 11.7. The molecular formula is C14H17N5O2. The van der Waals surface area contributed by atoms with Gasteiger partial charge in [0.15, 0.2) is 5.82 Å². The number of hydrogen-bond acceptors (Lipinski definition) is 5. The highest BCUT2D eigenvalue weighted by Gasteiger charge is 2.22. The molecule has 1 unspecified atom stereocenters. The van der Waals surface area contributed by atoms with Gasteiger partial charge in [-0.15, -0.1) is 10.2 Å². The molecule has 0 saturated carbocycles. The van der Waals surface area contributed by atoms with Crippen molar-refractivity contribution in [2.75, 3.05) is 25.1 Å². The number of nitrogens with zero attached hydrogens (tertiary/aromatic N) is 3. The summed E-state index contributed by atoms with van der Waals surface area (Å²) < 4.78 is 7.13. The number of hydrogen-bond donors (Lipinski definition) is 2. The van der Waals surface area contributed by atoms with Gasteiger partial charge in [0.05, 0.1) is 18.9 Å². The van der Waals surface area contributed by atoms with E-state index in [-0.39, 0.29) is 11.9 Å². The second-order valence-corrected chi connectivity index (χ2v) is 4.88. The molecule has 7 nitrogen and oxygen atoms in total. The Morgan fingerprint density at radius 3 is 3.05 bits per heavy atom. The number of anilines is 1. The average molecular weight is 287 g/mol. The van der Waals surface area contributed by atoms with Crippen LogP contribution in [0, 0.1) is 0 Å². The fraction of sp³-hybridized carbons (Fsp3) is 0.357. The van der Waals surface area contributed by atoms with Crippen LogP contribution in [0.1, 0.15) is 0 Å². The van der Waals surface area contributed by atoms with Gasteiger partial charge in [-0.3, -0.25) is 4.79 Å². The molecule has 2 aromatic rings. The lowest BCUT2D eigenvalue weighted by Crippen LogP contribution is -2.48. The van der Waals surface area contributed by atoms with Gasteiger partial charge in [-0.05, 0) is 12.1 Å². The van der Waals surface area contributed by atoms with Crippen LogP contribution in [-0.4, -0.2) is 46.5 Å². The molecule has 2 heterocycles. The van der Waals surface area contributed by atoms with Crippen molar-refractivity contribution in [1.82, 2.24) is 20.1 Å². The summed E-state index contributed by atoms with van der Waals surface area (Å²) in [5, 5.41) is 14.0. The quantitative estimate of drug-likeness (QED) is 0.854. The second-order valence-electron chi connectivity index (χ2n) is 4.88. The summed E-state index contributed by atoms with van der Waals surface area (Å²) in [5.74, 6) is 0.600. The summed E-state index contributed by atoms with van der Waals surface area (Å²) >= 11 is 0. The number of rotatable bonds is 3. The molecule has 0 radical (unpaired) electrons. The largest absolute Gasteiger partial charge is 0.378 e. The molecule has 1 atom stereocenters. The fourth-order valence-corrected chi connectivity index (χ4v) is 2.27. The Morgan fingerprint density at radius 1 is 1.48 bits per heavy atom. The summed E-state index contributed by atoms with van der Waals surface area (Å²) in [7, 11) is 1.87. The maximum atomic E-state index is 12.3. The zero-order chi connectivity index (χ0) is 14.7. The number of ether oxygens (including phenoxy) is 1. The molecule has 1 aliphatic rings. The van der Waals surface area contributed by atoms with Crippen molar-refractivity contribution < 1.29 is 9.53 Å². The van der Waals surface area contributed by atoms with Gasteiger partial charge in [0, 0.05) is 19.2 Å². The first kappa shape index (κ1) is 13.7. The minimum absolute atomic E-state index is 0.107. The van der Waals surface area contributed by atoms with Crippen LogP contribution >= 0.6 is 0 Å². The van der Waals surface area contributed by atoms with Gasteiger partial charge in [-0.25, -0.2) is 0 Å². The minimum Gasteiger partial charge on any atom is -0.378 e. The van der Waals surface area contributed by atoms with E-state index in [1.54, 1.807) is 6.33 Å². The summed E-state index contributed by atoms with van der Waals surface area (Å²) in [6, 6.07) is 7.21. The van der Waals surface area contributed by atoms with Crippen molar-refractivity contribution in [3.05, 3.63) is 30.6 Å². The molecule has 0 spiro atoms. The van der Waals surface area contributed by atoms with E-state index < -0.39 is 0 Å². The van der Waals surface area contributed by atoms with Gasteiger partial charge in [-0.1, -0.05) is 12.1 Å². The molecule has 110 valence electrons. The number of aryl methyl sites for hydroxylation is 1. The molecule has 2 N–H and O–H groups in total. The number of benzene rings is 1.